The first kappa shape index (κ1) is 13.4. The van der Waals surface area contributed by atoms with Crippen LogP contribution in [0.3, 0.4) is 0 Å². The van der Waals surface area contributed by atoms with Gasteiger partial charge in [-0.1, -0.05) is 6.92 Å². The fourth-order valence-corrected chi connectivity index (χ4v) is 1.37. The summed E-state index contributed by atoms with van der Waals surface area (Å²) < 4.78 is 4.52. The number of nitrogens with one attached hydrogen (secondary N) is 1. The van der Waals surface area contributed by atoms with Gasteiger partial charge in [-0.05, 0) is 25.0 Å². The van der Waals surface area contributed by atoms with Gasteiger partial charge in [0.25, 0.3) is 0 Å². The molecule has 0 aromatic carbocycles. The number of hydrogen-bond donors (Lipinski definition) is 2. The highest BCUT2D eigenvalue weighted by Crippen LogP contribution is 2.08. The molecular weight excluding hydrogens is 222 g/mol. The number of methoxy groups -OCH3 is 1. The number of carbonyl (C=O) groups is 1. The number of rotatable bonds is 6. The molecule has 6 heteroatoms. The minimum atomic E-state index is -0.508. The topological polar surface area (TPSA) is 84.3 Å². The molecule has 1 unspecified atom stereocenters. The van der Waals surface area contributed by atoms with Crippen LogP contribution in [0.5, 0.6) is 0 Å². The Morgan fingerprint density at radius 3 is 2.76 bits per heavy atom. The molecule has 1 aromatic rings. The van der Waals surface area contributed by atoms with Crippen molar-refractivity contribution in [3.05, 3.63) is 17.8 Å². The highest BCUT2D eigenvalue weighted by Gasteiger charge is 2.09. The van der Waals surface area contributed by atoms with Crippen LogP contribution in [-0.4, -0.2) is 41.0 Å². The van der Waals surface area contributed by atoms with E-state index in [0.29, 0.717) is 12.2 Å². The van der Waals surface area contributed by atoms with Gasteiger partial charge < -0.3 is 15.2 Å². The molecule has 2 N–H and O–H groups in total. The standard InChI is InChI=1S/C11H17N3O3/c1-3-8(6-7-15)12-10-5-4-9(13-14-10)11(16)17-2/h4-5,8,15H,3,6-7H2,1-2H3,(H,12,14). The van der Waals surface area contributed by atoms with Crippen LogP contribution in [0.25, 0.3) is 0 Å². The Kier molecular flexibility index (Phi) is 5.35. The summed E-state index contributed by atoms with van der Waals surface area (Å²) >= 11 is 0. The lowest BCUT2D eigenvalue weighted by atomic mass is 10.1. The van der Waals surface area contributed by atoms with Crippen LogP contribution in [0, 0.1) is 0 Å². The smallest absolute Gasteiger partial charge is 0.358 e. The van der Waals surface area contributed by atoms with Gasteiger partial charge in [0, 0.05) is 12.6 Å². The maximum absolute atomic E-state index is 11.1. The number of aliphatic hydroxyl groups is 1. The molecule has 0 aliphatic heterocycles. The number of nitrogens with zero attached hydrogens (tertiary/aromatic N) is 2. The molecule has 1 heterocycles. The summed E-state index contributed by atoms with van der Waals surface area (Å²) in [7, 11) is 1.30. The van der Waals surface area contributed by atoms with Crippen LogP contribution in [0.1, 0.15) is 30.3 Å². The van der Waals surface area contributed by atoms with Crippen molar-refractivity contribution in [2.45, 2.75) is 25.8 Å². The Morgan fingerprint density at radius 1 is 1.53 bits per heavy atom. The minimum Gasteiger partial charge on any atom is -0.464 e. The fourth-order valence-electron chi connectivity index (χ4n) is 1.37. The van der Waals surface area contributed by atoms with Crippen molar-refractivity contribution in [2.75, 3.05) is 19.0 Å². The quantitative estimate of drug-likeness (QED) is 0.715. The van der Waals surface area contributed by atoms with E-state index in [1.165, 1.54) is 7.11 Å². The van der Waals surface area contributed by atoms with Crippen LogP contribution in [0.2, 0.25) is 0 Å². The molecule has 0 saturated carbocycles. The van der Waals surface area contributed by atoms with E-state index < -0.39 is 5.97 Å². The number of anilines is 1. The summed E-state index contributed by atoms with van der Waals surface area (Å²) in [6.07, 6.45) is 1.53. The van der Waals surface area contributed by atoms with Crippen molar-refractivity contribution in [1.82, 2.24) is 10.2 Å². The van der Waals surface area contributed by atoms with Gasteiger partial charge in [-0.2, -0.15) is 0 Å². The molecule has 0 aliphatic carbocycles. The summed E-state index contributed by atoms with van der Waals surface area (Å²) in [6.45, 7) is 2.14. The van der Waals surface area contributed by atoms with E-state index in [9.17, 15) is 4.79 Å². The molecule has 1 rings (SSSR count). The normalized spacial score (nSPS) is 11.9. The molecule has 0 spiro atoms. The molecule has 1 aromatic heterocycles. The Labute approximate surface area is 100 Å². The Hall–Kier alpha value is -1.69. The SMILES string of the molecule is CCC(CCO)Nc1ccc(C(=O)OC)nn1. The molecule has 0 saturated heterocycles. The summed E-state index contributed by atoms with van der Waals surface area (Å²) in [5.74, 6) is 0.0735. The zero-order chi connectivity index (χ0) is 12.7. The van der Waals surface area contributed by atoms with Gasteiger partial charge in [0.15, 0.2) is 5.69 Å². The summed E-state index contributed by atoms with van der Waals surface area (Å²) in [4.78, 5) is 11.1. The third-order valence-electron chi connectivity index (χ3n) is 2.38. The van der Waals surface area contributed by atoms with E-state index in [2.05, 4.69) is 20.3 Å². The van der Waals surface area contributed by atoms with E-state index in [-0.39, 0.29) is 18.3 Å². The van der Waals surface area contributed by atoms with Gasteiger partial charge in [-0.25, -0.2) is 4.79 Å². The van der Waals surface area contributed by atoms with Gasteiger partial charge in [-0.3, -0.25) is 0 Å². The first-order chi connectivity index (χ1) is 8.21. The lowest BCUT2D eigenvalue weighted by Gasteiger charge is -2.15. The average Bonchev–Trinajstić information content (AvgIpc) is 2.38. The average molecular weight is 239 g/mol. The highest BCUT2D eigenvalue weighted by atomic mass is 16.5. The first-order valence-electron chi connectivity index (χ1n) is 5.50. The monoisotopic (exact) mass is 239 g/mol. The van der Waals surface area contributed by atoms with Gasteiger partial charge >= 0.3 is 5.97 Å². The molecule has 17 heavy (non-hydrogen) atoms. The second-order valence-corrected chi connectivity index (χ2v) is 3.56. The van der Waals surface area contributed by atoms with Crippen molar-refractivity contribution in [3.63, 3.8) is 0 Å². The Morgan fingerprint density at radius 2 is 2.29 bits per heavy atom. The zero-order valence-electron chi connectivity index (χ0n) is 10.0. The predicted octanol–water partition coefficient (Wildman–Crippen LogP) is 0.836. The second kappa shape index (κ2) is 6.80. The molecule has 0 amide bonds. The van der Waals surface area contributed by atoms with Crippen LogP contribution < -0.4 is 5.32 Å². The van der Waals surface area contributed by atoms with Crippen LogP contribution >= 0.6 is 0 Å². The maximum Gasteiger partial charge on any atom is 0.358 e. The number of esters is 1. The molecule has 6 nitrogen and oxygen atoms in total. The van der Waals surface area contributed by atoms with Crippen molar-refractivity contribution >= 4 is 11.8 Å². The molecule has 1 atom stereocenters. The molecule has 0 radical (unpaired) electrons. The first-order valence-corrected chi connectivity index (χ1v) is 5.50. The summed E-state index contributed by atoms with van der Waals surface area (Å²) in [5.41, 5.74) is 0.174. The van der Waals surface area contributed by atoms with Gasteiger partial charge in [0.1, 0.15) is 5.82 Å². The Balaban J connectivity index is 2.64. The third-order valence-corrected chi connectivity index (χ3v) is 2.38. The number of aliphatic hydroxyl groups excluding tert-OH is 1. The fraction of sp³-hybridized carbons (Fsp3) is 0.545. The van der Waals surface area contributed by atoms with Crippen molar-refractivity contribution in [2.24, 2.45) is 0 Å². The van der Waals surface area contributed by atoms with Gasteiger partial charge in [0.05, 0.1) is 7.11 Å². The lowest BCUT2D eigenvalue weighted by molar-refractivity contribution is 0.0593. The van der Waals surface area contributed by atoms with E-state index in [1.807, 2.05) is 6.92 Å². The molecule has 0 bridgehead atoms. The van der Waals surface area contributed by atoms with Crippen molar-refractivity contribution in [3.8, 4) is 0 Å². The third kappa shape index (κ3) is 3.99. The minimum absolute atomic E-state index is 0.124. The number of carbonyl (C=O) groups excluding carboxylic acids is 1. The van der Waals surface area contributed by atoms with Crippen molar-refractivity contribution in [1.29, 1.82) is 0 Å². The molecule has 0 aliphatic rings. The van der Waals surface area contributed by atoms with E-state index in [4.69, 9.17) is 5.11 Å². The van der Waals surface area contributed by atoms with Crippen molar-refractivity contribution < 1.29 is 14.6 Å². The van der Waals surface area contributed by atoms with E-state index >= 15 is 0 Å². The highest BCUT2D eigenvalue weighted by molar-refractivity contribution is 5.86. The maximum atomic E-state index is 11.1. The number of hydrogen-bond acceptors (Lipinski definition) is 6. The zero-order valence-corrected chi connectivity index (χ0v) is 10.0. The molecule has 94 valence electrons. The van der Waals surface area contributed by atoms with Crippen LogP contribution in [0.4, 0.5) is 5.82 Å². The van der Waals surface area contributed by atoms with Crippen LogP contribution in [-0.2, 0) is 4.74 Å². The Bertz CT molecular complexity index is 353. The van der Waals surface area contributed by atoms with Gasteiger partial charge in [-0.15, -0.1) is 10.2 Å². The second-order valence-electron chi connectivity index (χ2n) is 3.56. The lowest BCUT2D eigenvalue weighted by Crippen LogP contribution is -2.21. The summed E-state index contributed by atoms with van der Waals surface area (Å²) in [6, 6.07) is 3.37. The summed E-state index contributed by atoms with van der Waals surface area (Å²) in [5, 5.41) is 19.6. The largest absolute Gasteiger partial charge is 0.464 e. The predicted molar refractivity (Wildman–Crippen MR) is 62.8 cm³/mol. The van der Waals surface area contributed by atoms with E-state index in [1.54, 1.807) is 12.1 Å². The number of ether oxygens (including phenoxy) is 1. The van der Waals surface area contributed by atoms with Gasteiger partial charge in [0.2, 0.25) is 0 Å². The molecular formula is C11H17N3O3. The molecule has 0 fully saturated rings. The number of aromatic nitrogens is 2. The van der Waals surface area contributed by atoms with E-state index in [0.717, 1.165) is 6.42 Å². The van der Waals surface area contributed by atoms with Crippen LogP contribution in [0.15, 0.2) is 12.1 Å².